The third kappa shape index (κ3) is 2.94. The van der Waals surface area contributed by atoms with E-state index in [4.69, 9.17) is 4.98 Å². The molecule has 4 heterocycles. The molecule has 0 unspecified atom stereocenters. The number of amides is 1. The lowest BCUT2D eigenvalue weighted by Crippen LogP contribution is -2.33. The quantitative estimate of drug-likeness (QED) is 0.734. The first-order valence-electron chi connectivity index (χ1n) is 7.48. The summed E-state index contributed by atoms with van der Waals surface area (Å²) in [5.41, 5.74) is 2.30. The lowest BCUT2D eigenvalue weighted by molar-refractivity contribution is -0.129. The predicted molar refractivity (Wildman–Crippen MR) is 91.6 cm³/mol. The number of fused-ring (bicyclic) bond motifs is 1. The van der Waals surface area contributed by atoms with Crippen LogP contribution in [-0.2, 0) is 24.3 Å². The molecule has 0 bridgehead atoms. The molecule has 7 heteroatoms. The van der Waals surface area contributed by atoms with Gasteiger partial charge in [0.25, 0.3) is 0 Å². The Hall–Kier alpha value is -1.99. The number of hydrogen-bond acceptors (Lipinski definition) is 5. The number of rotatable bonds is 3. The molecule has 118 valence electrons. The Labute approximate surface area is 142 Å². The highest BCUT2D eigenvalue weighted by Gasteiger charge is 2.21. The third-order valence-electron chi connectivity index (χ3n) is 3.97. The Kier molecular flexibility index (Phi) is 3.74. The van der Waals surface area contributed by atoms with Crippen LogP contribution < -0.4 is 0 Å². The summed E-state index contributed by atoms with van der Waals surface area (Å²) in [4.78, 5) is 20.8. The van der Waals surface area contributed by atoms with Crippen molar-refractivity contribution in [3.63, 3.8) is 0 Å². The Bertz CT molecular complexity index is 834. The van der Waals surface area contributed by atoms with Crippen LogP contribution in [-0.4, -0.2) is 32.1 Å². The second-order valence-electron chi connectivity index (χ2n) is 5.58. The molecule has 0 fully saturated rings. The van der Waals surface area contributed by atoms with Crippen LogP contribution in [0.1, 0.15) is 22.4 Å². The summed E-state index contributed by atoms with van der Waals surface area (Å²) in [5.74, 6) is 0.151. The first-order valence-corrected chi connectivity index (χ1v) is 9.18. The zero-order chi connectivity index (χ0) is 15.8. The van der Waals surface area contributed by atoms with Crippen molar-refractivity contribution in [2.45, 2.75) is 26.4 Å². The number of hydrogen-bond donors (Lipinski definition) is 0. The van der Waals surface area contributed by atoms with Gasteiger partial charge in [0.1, 0.15) is 5.01 Å². The topological polar surface area (TPSA) is 51.0 Å². The second kappa shape index (κ2) is 5.90. The fourth-order valence-electron chi connectivity index (χ4n) is 2.76. The van der Waals surface area contributed by atoms with Crippen LogP contribution in [0.15, 0.2) is 29.9 Å². The Morgan fingerprint density at radius 3 is 3.13 bits per heavy atom. The molecule has 5 nitrogen and oxygen atoms in total. The monoisotopic (exact) mass is 344 g/mol. The van der Waals surface area contributed by atoms with Crippen molar-refractivity contribution in [3.05, 3.63) is 45.4 Å². The highest BCUT2D eigenvalue weighted by Crippen LogP contribution is 2.35. The maximum absolute atomic E-state index is 11.6. The normalized spacial score (nSPS) is 14.0. The molecule has 23 heavy (non-hydrogen) atoms. The molecule has 0 atom stereocenters. The van der Waals surface area contributed by atoms with Gasteiger partial charge in [0.15, 0.2) is 0 Å². The zero-order valence-corrected chi connectivity index (χ0v) is 14.4. The van der Waals surface area contributed by atoms with Crippen LogP contribution in [0.25, 0.3) is 10.6 Å². The molecular weight excluding hydrogens is 328 g/mol. The van der Waals surface area contributed by atoms with Gasteiger partial charge in [-0.2, -0.15) is 5.10 Å². The van der Waals surface area contributed by atoms with Gasteiger partial charge in [0.2, 0.25) is 5.91 Å². The number of carbonyl (C=O) groups is 1. The predicted octanol–water partition coefficient (Wildman–Crippen LogP) is 3.02. The summed E-state index contributed by atoms with van der Waals surface area (Å²) in [6.07, 6.45) is 4.67. The highest BCUT2D eigenvalue weighted by molar-refractivity contribution is 7.16. The maximum Gasteiger partial charge on any atom is 0.219 e. The Morgan fingerprint density at radius 1 is 1.43 bits per heavy atom. The van der Waals surface area contributed by atoms with Crippen molar-refractivity contribution in [2.24, 2.45) is 0 Å². The van der Waals surface area contributed by atoms with Crippen molar-refractivity contribution >= 4 is 28.6 Å². The van der Waals surface area contributed by atoms with Crippen LogP contribution in [0, 0.1) is 0 Å². The molecule has 4 rings (SSSR count). The number of nitrogens with zero attached hydrogens (tertiary/aromatic N) is 4. The van der Waals surface area contributed by atoms with E-state index in [1.54, 1.807) is 24.5 Å². The van der Waals surface area contributed by atoms with E-state index in [2.05, 4.69) is 16.5 Å². The van der Waals surface area contributed by atoms with E-state index >= 15 is 0 Å². The van der Waals surface area contributed by atoms with E-state index in [-0.39, 0.29) is 5.91 Å². The molecule has 1 amide bonds. The lowest BCUT2D eigenvalue weighted by atomic mass is 10.1. The largest absolute Gasteiger partial charge is 0.338 e. The van der Waals surface area contributed by atoms with Gasteiger partial charge in [-0.3, -0.25) is 9.48 Å². The SMILES string of the molecule is CC(=O)N1CCc2sc(-c3csc(Cn4cccn4)n3)cc2C1. The van der Waals surface area contributed by atoms with E-state index in [0.29, 0.717) is 6.54 Å². The fourth-order valence-corrected chi connectivity index (χ4v) is 4.74. The van der Waals surface area contributed by atoms with Crippen LogP contribution in [0.5, 0.6) is 0 Å². The number of aromatic nitrogens is 3. The minimum atomic E-state index is 0.151. The molecule has 0 aromatic carbocycles. The third-order valence-corrected chi connectivity index (χ3v) is 6.07. The van der Waals surface area contributed by atoms with Crippen molar-refractivity contribution in [1.29, 1.82) is 0 Å². The van der Waals surface area contributed by atoms with E-state index in [1.807, 2.05) is 33.2 Å². The molecule has 3 aromatic rings. The van der Waals surface area contributed by atoms with E-state index in [0.717, 1.165) is 30.2 Å². The molecular formula is C16H16N4OS2. The maximum atomic E-state index is 11.6. The first kappa shape index (κ1) is 14.6. The van der Waals surface area contributed by atoms with Gasteiger partial charge in [0, 0.05) is 42.7 Å². The first-order chi connectivity index (χ1) is 11.2. The van der Waals surface area contributed by atoms with Crippen molar-refractivity contribution in [2.75, 3.05) is 6.54 Å². The van der Waals surface area contributed by atoms with Gasteiger partial charge in [0.05, 0.1) is 17.1 Å². The van der Waals surface area contributed by atoms with Gasteiger partial charge in [-0.25, -0.2) is 4.98 Å². The second-order valence-corrected chi connectivity index (χ2v) is 7.66. The van der Waals surface area contributed by atoms with Gasteiger partial charge in [-0.05, 0) is 24.1 Å². The van der Waals surface area contributed by atoms with Crippen LogP contribution in [0.2, 0.25) is 0 Å². The Balaban J connectivity index is 1.55. The highest BCUT2D eigenvalue weighted by atomic mass is 32.1. The van der Waals surface area contributed by atoms with E-state index in [9.17, 15) is 4.79 Å². The molecule has 0 aliphatic carbocycles. The Morgan fingerprint density at radius 2 is 2.35 bits per heavy atom. The summed E-state index contributed by atoms with van der Waals surface area (Å²) in [6.45, 7) is 3.90. The molecule has 3 aromatic heterocycles. The van der Waals surface area contributed by atoms with Crippen molar-refractivity contribution < 1.29 is 4.79 Å². The van der Waals surface area contributed by atoms with Crippen LogP contribution >= 0.6 is 22.7 Å². The van der Waals surface area contributed by atoms with Crippen molar-refractivity contribution in [1.82, 2.24) is 19.7 Å². The van der Waals surface area contributed by atoms with Gasteiger partial charge in [-0.1, -0.05) is 0 Å². The summed E-state index contributed by atoms with van der Waals surface area (Å²) >= 11 is 3.47. The van der Waals surface area contributed by atoms with Crippen LogP contribution in [0.4, 0.5) is 0 Å². The minimum absolute atomic E-state index is 0.151. The molecule has 0 spiro atoms. The molecule has 0 radical (unpaired) electrons. The number of carbonyl (C=O) groups excluding carboxylic acids is 1. The fraction of sp³-hybridized carbons (Fsp3) is 0.312. The van der Waals surface area contributed by atoms with Crippen molar-refractivity contribution in [3.8, 4) is 10.6 Å². The number of thiophene rings is 1. The number of thiazole rings is 1. The smallest absolute Gasteiger partial charge is 0.219 e. The average Bonchev–Trinajstić information content (AvgIpc) is 3.26. The molecule has 0 N–H and O–H groups in total. The van der Waals surface area contributed by atoms with Gasteiger partial charge < -0.3 is 4.90 Å². The zero-order valence-electron chi connectivity index (χ0n) is 12.7. The molecule has 1 aliphatic rings. The standard InChI is InChI=1S/C16H16N4OS2/c1-11(21)19-6-3-14-12(8-19)7-15(23-14)13-10-22-16(18-13)9-20-5-2-4-17-20/h2,4-5,7,10H,3,6,8-9H2,1H3. The lowest BCUT2D eigenvalue weighted by Gasteiger charge is -2.25. The summed E-state index contributed by atoms with van der Waals surface area (Å²) < 4.78 is 1.88. The van der Waals surface area contributed by atoms with Gasteiger partial charge in [-0.15, -0.1) is 22.7 Å². The molecule has 0 saturated heterocycles. The van der Waals surface area contributed by atoms with E-state index < -0.39 is 0 Å². The summed E-state index contributed by atoms with van der Waals surface area (Å²) in [7, 11) is 0. The molecule has 0 saturated carbocycles. The minimum Gasteiger partial charge on any atom is -0.338 e. The molecule has 1 aliphatic heterocycles. The van der Waals surface area contributed by atoms with E-state index in [1.165, 1.54) is 15.3 Å². The summed E-state index contributed by atoms with van der Waals surface area (Å²) in [6, 6.07) is 4.12. The average molecular weight is 344 g/mol. The van der Waals surface area contributed by atoms with Crippen LogP contribution in [0.3, 0.4) is 0 Å². The summed E-state index contributed by atoms with van der Waals surface area (Å²) in [5, 5.41) is 7.39. The van der Waals surface area contributed by atoms with Gasteiger partial charge >= 0.3 is 0 Å².